The van der Waals surface area contributed by atoms with E-state index in [1.165, 1.54) is 5.56 Å². The summed E-state index contributed by atoms with van der Waals surface area (Å²) >= 11 is 1.63. The van der Waals surface area contributed by atoms with Crippen LogP contribution in [0.4, 0.5) is 5.13 Å². The molecule has 0 radical (unpaired) electrons. The van der Waals surface area contributed by atoms with Crippen molar-refractivity contribution in [2.45, 2.75) is 13.3 Å². The molecular formula is C13H16N2OS. The molecule has 0 atom stereocenters. The molecule has 1 N–H and O–H groups in total. The Hall–Kier alpha value is -1.55. The Kier molecular flexibility index (Phi) is 3.98. The normalized spacial score (nSPS) is 10.2. The topological polar surface area (TPSA) is 34.1 Å². The number of nitrogens with zero attached hydrogens (tertiary/aromatic N) is 1. The molecule has 1 heterocycles. The predicted octanol–water partition coefficient (Wildman–Crippen LogP) is 3.17. The molecule has 0 aliphatic heterocycles. The Morgan fingerprint density at radius 1 is 1.41 bits per heavy atom. The monoisotopic (exact) mass is 248 g/mol. The summed E-state index contributed by atoms with van der Waals surface area (Å²) in [7, 11) is 1.89. The SMILES string of the molecule is CCOc1cccc(Cc2csc(NC)n2)c1. The van der Waals surface area contributed by atoms with Crippen molar-refractivity contribution < 1.29 is 4.74 Å². The van der Waals surface area contributed by atoms with E-state index in [1.807, 2.05) is 26.1 Å². The van der Waals surface area contributed by atoms with Gasteiger partial charge in [0.25, 0.3) is 0 Å². The van der Waals surface area contributed by atoms with Crippen LogP contribution in [0.1, 0.15) is 18.2 Å². The number of rotatable bonds is 5. The van der Waals surface area contributed by atoms with E-state index in [2.05, 4.69) is 27.8 Å². The lowest BCUT2D eigenvalue weighted by atomic mass is 10.1. The Labute approximate surface area is 105 Å². The number of benzene rings is 1. The van der Waals surface area contributed by atoms with Crippen LogP contribution in [-0.4, -0.2) is 18.6 Å². The first-order valence-electron chi connectivity index (χ1n) is 5.65. The van der Waals surface area contributed by atoms with Gasteiger partial charge in [-0.1, -0.05) is 12.1 Å². The first kappa shape index (κ1) is 11.9. The minimum absolute atomic E-state index is 0.698. The highest BCUT2D eigenvalue weighted by Gasteiger charge is 2.03. The molecule has 0 saturated heterocycles. The van der Waals surface area contributed by atoms with Crippen LogP contribution in [-0.2, 0) is 6.42 Å². The number of thiazole rings is 1. The van der Waals surface area contributed by atoms with Gasteiger partial charge in [0.1, 0.15) is 5.75 Å². The van der Waals surface area contributed by atoms with E-state index >= 15 is 0 Å². The second kappa shape index (κ2) is 5.68. The minimum atomic E-state index is 0.698. The van der Waals surface area contributed by atoms with Gasteiger partial charge in [-0.15, -0.1) is 11.3 Å². The van der Waals surface area contributed by atoms with Crippen molar-refractivity contribution in [3.63, 3.8) is 0 Å². The molecule has 0 fully saturated rings. The molecule has 2 rings (SSSR count). The van der Waals surface area contributed by atoms with Crippen molar-refractivity contribution in [1.82, 2.24) is 4.98 Å². The predicted molar refractivity (Wildman–Crippen MR) is 72.1 cm³/mol. The van der Waals surface area contributed by atoms with E-state index in [4.69, 9.17) is 4.74 Å². The van der Waals surface area contributed by atoms with Crippen LogP contribution in [0.25, 0.3) is 0 Å². The zero-order valence-electron chi connectivity index (χ0n) is 10.1. The van der Waals surface area contributed by atoms with Crippen LogP contribution >= 0.6 is 11.3 Å². The van der Waals surface area contributed by atoms with Gasteiger partial charge in [0, 0.05) is 18.8 Å². The molecule has 1 aromatic heterocycles. The summed E-state index contributed by atoms with van der Waals surface area (Å²) in [6.45, 7) is 2.69. The molecule has 4 heteroatoms. The van der Waals surface area contributed by atoms with Crippen molar-refractivity contribution in [3.8, 4) is 5.75 Å². The van der Waals surface area contributed by atoms with Crippen LogP contribution in [0.5, 0.6) is 5.75 Å². The first-order chi connectivity index (χ1) is 8.31. The fraction of sp³-hybridized carbons (Fsp3) is 0.308. The summed E-state index contributed by atoms with van der Waals surface area (Å²) in [5.74, 6) is 0.925. The van der Waals surface area contributed by atoms with Crippen LogP contribution < -0.4 is 10.1 Å². The third-order valence-electron chi connectivity index (χ3n) is 2.36. The summed E-state index contributed by atoms with van der Waals surface area (Å²) in [6.07, 6.45) is 0.846. The van der Waals surface area contributed by atoms with E-state index < -0.39 is 0 Å². The molecule has 3 nitrogen and oxygen atoms in total. The number of nitrogens with one attached hydrogen (secondary N) is 1. The van der Waals surface area contributed by atoms with Crippen molar-refractivity contribution in [2.75, 3.05) is 19.0 Å². The number of hydrogen-bond acceptors (Lipinski definition) is 4. The summed E-state index contributed by atoms with van der Waals surface area (Å²) in [5, 5.41) is 6.09. The van der Waals surface area contributed by atoms with Gasteiger partial charge in [-0.2, -0.15) is 0 Å². The molecule has 0 saturated carbocycles. The lowest BCUT2D eigenvalue weighted by Crippen LogP contribution is -1.94. The smallest absolute Gasteiger partial charge is 0.182 e. The standard InChI is InChI=1S/C13H16N2OS/c1-3-16-12-6-4-5-10(8-12)7-11-9-17-13(14-2)15-11/h4-6,8-9H,3,7H2,1-2H3,(H,14,15). The van der Waals surface area contributed by atoms with Gasteiger partial charge < -0.3 is 10.1 Å². The molecular weight excluding hydrogens is 232 g/mol. The molecule has 90 valence electrons. The van der Waals surface area contributed by atoms with Crippen LogP contribution in [0, 0.1) is 0 Å². The first-order valence-corrected chi connectivity index (χ1v) is 6.53. The van der Waals surface area contributed by atoms with Crippen LogP contribution in [0.3, 0.4) is 0 Å². The second-order valence-corrected chi connectivity index (χ2v) is 4.51. The van der Waals surface area contributed by atoms with Gasteiger partial charge in [-0.3, -0.25) is 0 Å². The Morgan fingerprint density at radius 2 is 2.29 bits per heavy atom. The fourth-order valence-electron chi connectivity index (χ4n) is 1.62. The van der Waals surface area contributed by atoms with Crippen molar-refractivity contribution in [1.29, 1.82) is 0 Å². The van der Waals surface area contributed by atoms with Gasteiger partial charge in [0.05, 0.1) is 12.3 Å². The summed E-state index contributed by atoms with van der Waals surface area (Å²) in [5.41, 5.74) is 2.32. The lowest BCUT2D eigenvalue weighted by molar-refractivity contribution is 0.340. The zero-order valence-corrected chi connectivity index (χ0v) is 10.9. The number of anilines is 1. The van der Waals surface area contributed by atoms with E-state index in [-0.39, 0.29) is 0 Å². The van der Waals surface area contributed by atoms with E-state index in [0.717, 1.165) is 23.0 Å². The Balaban J connectivity index is 2.09. The van der Waals surface area contributed by atoms with Gasteiger partial charge in [-0.05, 0) is 24.6 Å². The Bertz CT molecular complexity index is 482. The molecule has 0 bridgehead atoms. The fourth-order valence-corrected chi connectivity index (χ4v) is 2.30. The van der Waals surface area contributed by atoms with Crippen molar-refractivity contribution in [2.24, 2.45) is 0 Å². The van der Waals surface area contributed by atoms with Gasteiger partial charge in [-0.25, -0.2) is 4.98 Å². The molecule has 1 aromatic carbocycles. The van der Waals surface area contributed by atoms with Crippen molar-refractivity contribution >= 4 is 16.5 Å². The third kappa shape index (κ3) is 3.20. The maximum Gasteiger partial charge on any atom is 0.182 e. The van der Waals surface area contributed by atoms with Crippen molar-refractivity contribution in [3.05, 3.63) is 40.9 Å². The molecule has 0 aliphatic carbocycles. The van der Waals surface area contributed by atoms with E-state index in [9.17, 15) is 0 Å². The molecule has 0 aliphatic rings. The summed E-state index contributed by atoms with van der Waals surface area (Å²) in [6, 6.07) is 8.17. The highest BCUT2D eigenvalue weighted by molar-refractivity contribution is 7.13. The largest absolute Gasteiger partial charge is 0.494 e. The van der Waals surface area contributed by atoms with Crippen LogP contribution in [0.15, 0.2) is 29.6 Å². The van der Waals surface area contributed by atoms with Gasteiger partial charge >= 0.3 is 0 Å². The number of ether oxygens (including phenoxy) is 1. The number of hydrogen-bond donors (Lipinski definition) is 1. The van der Waals surface area contributed by atoms with Crippen LogP contribution in [0.2, 0.25) is 0 Å². The van der Waals surface area contributed by atoms with Gasteiger partial charge in [0.15, 0.2) is 5.13 Å². The maximum atomic E-state index is 5.48. The third-order valence-corrected chi connectivity index (χ3v) is 3.27. The molecule has 0 amide bonds. The van der Waals surface area contributed by atoms with Gasteiger partial charge in [0.2, 0.25) is 0 Å². The molecule has 0 spiro atoms. The number of aromatic nitrogens is 1. The zero-order chi connectivity index (χ0) is 12.1. The molecule has 17 heavy (non-hydrogen) atoms. The summed E-state index contributed by atoms with van der Waals surface area (Å²) < 4.78 is 5.48. The average Bonchev–Trinajstić information content (AvgIpc) is 2.78. The lowest BCUT2D eigenvalue weighted by Gasteiger charge is -2.04. The van der Waals surface area contributed by atoms with E-state index in [0.29, 0.717) is 6.61 Å². The Morgan fingerprint density at radius 3 is 3.00 bits per heavy atom. The quantitative estimate of drug-likeness (QED) is 0.882. The highest BCUT2D eigenvalue weighted by Crippen LogP contribution is 2.20. The average molecular weight is 248 g/mol. The maximum absolute atomic E-state index is 5.48. The molecule has 0 unspecified atom stereocenters. The van der Waals surface area contributed by atoms with E-state index in [1.54, 1.807) is 11.3 Å². The summed E-state index contributed by atoms with van der Waals surface area (Å²) in [4.78, 5) is 4.47. The molecule has 2 aromatic rings. The highest BCUT2D eigenvalue weighted by atomic mass is 32.1. The minimum Gasteiger partial charge on any atom is -0.494 e. The second-order valence-electron chi connectivity index (χ2n) is 3.65.